The summed E-state index contributed by atoms with van der Waals surface area (Å²) in [5.41, 5.74) is 7.11. The molecule has 0 aliphatic carbocycles. The predicted molar refractivity (Wildman–Crippen MR) is 70.9 cm³/mol. The highest BCUT2D eigenvalue weighted by atomic mass is 35.5. The zero-order valence-electron chi connectivity index (χ0n) is 9.91. The highest BCUT2D eigenvalue weighted by Crippen LogP contribution is 2.26. The molecular formula is C14H12ClF2NO. The van der Waals surface area contributed by atoms with E-state index in [1.54, 1.807) is 12.1 Å². The summed E-state index contributed by atoms with van der Waals surface area (Å²) in [5, 5.41) is 10.5. The molecule has 2 aromatic carbocycles. The van der Waals surface area contributed by atoms with E-state index < -0.39 is 17.7 Å². The van der Waals surface area contributed by atoms with Crippen molar-refractivity contribution in [3.05, 3.63) is 64.2 Å². The molecule has 19 heavy (non-hydrogen) atoms. The number of anilines is 1. The van der Waals surface area contributed by atoms with Crippen LogP contribution >= 0.6 is 11.6 Å². The predicted octanol–water partition coefficient (Wildman–Crippen LogP) is 3.48. The second kappa shape index (κ2) is 5.55. The van der Waals surface area contributed by atoms with Crippen molar-refractivity contribution in [1.29, 1.82) is 0 Å². The first-order valence-electron chi connectivity index (χ1n) is 5.64. The van der Waals surface area contributed by atoms with E-state index >= 15 is 0 Å². The molecule has 2 aromatic rings. The molecule has 0 aromatic heterocycles. The number of nitrogen functional groups attached to an aromatic ring is 1. The van der Waals surface area contributed by atoms with E-state index in [9.17, 15) is 13.9 Å². The van der Waals surface area contributed by atoms with E-state index in [-0.39, 0.29) is 6.42 Å². The minimum Gasteiger partial charge on any atom is -0.398 e. The first-order valence-corrected chi connectivity index (χ1v) is 6.02. The number of aliphatic hydroxyl groups excluding tert-OH is 1. The van der Waals surface area contributed by atoms with Gasteiger partial charge in [-0.25, -0.2) is 8.78 Å². The van der Waals surface area contributed by atoms with Gasteiger partial charge >= 0.3 is 0 Å². The average Bonchev–Trinajstić information content (AvgIpc) is 2.33. The minimum absolute atomic E-state index is 0.142. The molecule has 0 fully saturated rings. The van der Waals surface area contributed by atoms with Gasteiger partial charge in [0.25, 0.3) is 0 Å². The molecule has 1 atom stereocenters. The summed E-state index contributed by atoms with van der Waals surface area (Å²) in [6.45, 7) is 0. The van der Waals surface area contributed by atoms with Crippen LogP contribution in [0.25, 0.3) is 0 Å². The summed E-state index contributed by atoms with van der Waals surface area (Å²) in [5.74, 6) is -1.85. The van der Waals surface area contributed by atoms with Crippen LogP contribution in [0.2, 0.25) is 5.02 Å². The third-order valence-electron chi connectivity index (χ3n) is 2.82. The number of halogens is 3. The van der Waals surface area contributed by atoms with E-state index in [0.717, 1.165) is 12.1 Å². The van der Waals surface area contributed by atoms with Crippen LogP contribution in [0, 0.1) is 11.6 Å². The van der Waals surface area contributed by atoms with Crippen LogP contribution < -0.4 is 5.73 Å². The zero-order valence-corrected chi connectivity index (χ0v) is 10.7. The lowest BCUT2D eigenvalue weighted by Crippen LogP contribution is -2.05. The van der Waals surface area contributed by atoms with E-state index in [1.807, 2.05) is 0 Å². The Morgan fingerprint density at radius 3 is 2.47 bits per heavy atom. The van der Waals surface area contributed by atoms with Gasteiger partial charge in [-0.3, -0.25) is 0 Å². The number of nitrogens with two attached hydrogens (primary N) is 1. The average molecular weight is 284 g/mol. The van der Waals surface area contributed by atoms with Crippen molar-refractivity contribution in [3.63, 3.8) is 0 Å². The van der Waals surface area contributed by atoms with Crippen LogP contribution in [0.15, 0.2) is 36.4 Å². The summed E-state index contributed by atoms with van der Waals surface area (Å²) in [4.78, 5) is 0. The van der Waals surface area contributed by atoms with Crippen LogP contribution in [-0.2, 0) is 6.42 Å². The topological polar surface area (TPSA) is 46.2 Å². The number of hydrogen-bond acceptors (Lipinski definition) is 2. The molecule has 0 spiro atoms. The molecule has 5 heteroatoms. The van der Waals surface area contributed by atoms with Crippen LogP contribution in [0.4, 0.5) is 14.5 Å². The summed E-state index contributed by atoms with van der Waals surface area (Å²) in [6.07, 6.45) is -0.759. The van der Waals surface area contributed by atoms with Crippen molar-refractivity contribution in [3.8, 4) is 0 Å². The van der Waals surface area contributed by atoms with Gasteiger partial charge < -0.3 is 10.8 Å². The lowest BCUT2D eigenvalue weighted by molar-refractivity contribution is 0.179. The van der Waals surface area contributed by atoms with Crippen molar-refractivity contribution >= 4 is 17.3 Å². The van der Waals surface area contributed by atoms with Gasteiger partial charge in [-0.1, -0.05) is 23.7 Å². The Kier molecular flexibility index (Phi) is 4.02. The van der Waals surface area contributed by atoms with Gasteiger partial charge in [0.2, 0.25) is 0 Å². The molecule has 0 bridgehead atoms. The van der Waals surface area contributed by atoms with Crippen molar-refractivity contribution in [2.75, 3.05) is 5.73 Å². The lowest BCUT2D eigenvalue weighted by atomic mass is 10.00. The lowest BCUT2D eigenvalue weighted by Gasteiger charge is -2.14. The van der Waals surface area contributed by atoms with Gasteiger partial charge in [0, 0.05) is 22.7 Å². The van der Waals surface area contributed by atoms with Gasteiger partial charge in [0.15, 0.2) is 11.6 Å². The van der Waals surface area contributed by atoms with Crippen molar-refractivity contribution < 1.29 is 13.9 Å². The highest BCUT2D eigenvalue weighted by Gasteiger charge is 2.13. The van der Waals surface area contributed by atoms with Crippen LogP contribution in [0.3, 0.4) is 0 Å². The Balaban J connectivity index is 2.20. The van der Waals surface area contributed by atoms with E-state index in [2.05, 4.69) is 0 Å². The molecule has 0 heterocycles. The second-order valence-corrected chi connectivity index (χ2v) is 4.68. The van der Waals surface area contributed by atoms with E-state index in [0.29, 0.717) is 21.8 Å². The first kappa shape index (κ1) is 13.8. The molecule has 0 saturated heterocycles. The maximum atomic E-state index is 13.1. The fraction of sp³-hybridized carbons (Fsp3) is 0.143. The minimum atomic E-state index is -0.936. The molecule has 1 unspecified atom stereocenters. The summed E-state index contributed by atoms with van der Waals surface area (Å²) < 4.78 is 25.9. The Labute approximate surface area is 114 Å². The van der Waals surface area contributed by atoms with Crippen LogP contribution in [-0.4, -0.2) is 5.11 Å². The van der Waals surface area contributed by atoms with Gasteiger partial charge in [-0.05, 0) is 29.8 Å². The monoisotopic (exact) mass is 283 g/mol. The fourth-order valence-corrected chi connectivity index (χ4v) is 2.03. The molecule has 3 N–H and O–H groups in total. The molecule has 0 aliphatic heterocycles. The maximum Gasteiger partial charge on any atom is 0.159 e. The molecule has 100 valence electrons. The number of aliphatic hydroxyl groups is 1. The van der Waals surface area contributed by atoms with Gasteiger partial charge in [-0.15, -0.1) is 0 Å². The zero-order chi connectivity index (χ0) is 14.0. The molecule has 0 amide bonds. The Morgan fingerprint density at radius 1 is 1.11 bits per heavy atom. The Hall–Kier alpha value is -1.65. The SMILES string of the molecule is Nc1cc(Cl)ccc1C(O)Cc1ccc(F)c(F)c1. The summed E-state index contributed by atoms with van der Waals surface area (Å²) >= 11 is 5.77. The smallest absolute Gasteiger partial charge is 0.159 e. The summed E-state index contributed by atoms with van der Waals surface area (Å²) in [6, 6.07) is 8.27. The molecule has 0 radical (unpaired) electrons. The van der Waals surface area contributed by atoms with Crippen LogP contribution in [0.5, 0.6) is 0 Å². The van der Waals surface area contributed by atoms with E-state index in [4.69, 9.17) is 17.3 Å². The summed E-state index contributed by atoms with van der Waals surface area (Å²) in [7, 11) is 0. The number of benzene rings is 2. The van der Waals surface area contributed by atoms with Crippen LogP contribution in [0.1, 0.15) is 17.2 Å². The molecular weight excluding hydrogens is 272 g/mol. The number of rotatable bonds is 3. The van der Waals surface area contributed by atoms with Crippen molar-refractivity contribution in [2.24, 2.45) is 0 Å². The quantitative estimate of drug-likeness (QED) is 0.847. The molecule has 0 aliphatic rings. The third-order valence-corrected chi connectivity index (χ3v) is 3.06. The second-order valence-electron chi connectivity index (χ2n) is 4.24. The third kappa shape index (κ3) is 3.22. The highest BCUT2D eigenvalue weighted by molar-refractivity contribution is 6.30. The Bertz CT molecular complexity index is 604. The maximum absolute atomic E-state index is 13.1. The van der Waals surface area contributed by atoms with Gasteiger partial charge in [-0.2, -0.15) is 0 Å². The van der Waals surface area contributed by atoms with Crippen molar-refractivity contribution in [2.45, 2.75) is 12.5 Å². The normalized spacial score (nSPS) is 12.4. The first-order chi connectivity index (χ1) is 8.97. The largest absolute Gasteiger partial charge is 0.398 e. The standard InChI is InChI=1S/C14H12ClF2NO/c15-9-2-3-10(13(18)7-9)14(19)6-8-1-4-11(16)12(17)5-8/h1-5,7,14,19H,6,18H2. The fourth-order valence-electron chi connectivity index (χ4n) is 1.85. The van der Waals surface area contributed by atoms with E-state index in [1.165, 1.54) is 12.1 Å². The van der Waals surface area contributed by atoms with Gasteiger partial charge in [0.1, 0.15) is 0 Å². The molecule has 2 nitrogen and oxygen atoms in total. The van der Waals surface area contributed by atoms with Gasteiger partial charge in [0.05, 0.1) is 6.10 Å². The Morgan fingerprint density at radius 2 is 1.84 bits per heavy atom. The molecule has 2 rings (SSSR count). The number of hydrogen-bond donors (Lipinski definition) is 2. The van der Waals surface area contributed by atoms with Crippen molar-refractivity contribution in [1.82, 2.24) is 0 Å². The molecule has 0 saturated carbocycles.